The fraction of sp³-hybridized carbons (Fsp3) is 0.333. The molecule has 18 heavy (non-hydrogen) atoms. The molecule has 1 fully saturated rings. The second kappa shape index (κ2) is 5.16. The van der Waals surface area contributed by atoms with Crippen LogP contribution in [0, 0.1) is 0 Å². The van der Waals surface area contributed by atoms with Crippen LogP contribution in [0.4, 0.5) is 5.69 Å². The molecule has 6 heteroatoms. The van der Waals surface area contributed by atoms with Crippen molar-refractivity contribution in [2.75, 3.05) is 24.6 Å². The maximum Gasteiger partial charge on any atom is 0.316 e. The number of carbonyl (C=O) groups is 2. The maximum absolute atomic E-state index is 11.7. The van der Waals surface area contributed by atoms with E-state index in [9.17, 15) is 9.59 Å². The molecule has 1 aromatic carbocycles. The maximum atomic E-state index is 11.7. The minimum absolute atomic E-state index is 0.169. The average Bonchev–Trinajstić information content (AvgIpc) is 2.41. The number of benzene rings is 1. The molecule has 2 amide bonds. The van der Waals surface area contributed by atoms with Gasteiger partial charge in [-0.2, -0.15) is 0 Å². The van der Waals surface area contributed by atoms with E-state index in [2.05, 4.69) is 5.32 Å². The molecule has 4 N–H and O–H groups in total. The van der Waals surface area contributed by atoms with E-state index in [1.165, 1.54) is 4.90 Å². The number of anilines is 1. The molecule has 0 aromatic heterocycles. The number of aliphatic hydroxyl groups is 1. The molecule has 1 aliphatic heterocycles. The van der Waals surface area contributed by atoms with E-state index >= 15 is 0 Å². The summed E-state index contributed by atoms with van der Waals surface area (Å²) in [6, 6.07) is 6.50. The van der Waals surface area contributed by atoms with E-state index in [1.807, 2.05) is 0 Å². The quantitative estimate of drug-likeness (QED) is 0.607. The van der Waals surface area contributed by atoms with Gasteiger partial charge in [-0.25, -0.2) is 0 Å². The number of rotatable bonds is 3. The summed E-state index contributed by atoms with van der Waals surface area (Å²) in [6.45, 7) is 0.696. The number of carbonyl (C=O) groups excluding carboxylic acids is 2. The summed E-state index contributed by atoms with van der Waals surface area (Å²) < 4.78 is 0. The molecule has 1 unspecified atom stereocenters. The Kier molecular flexibility index (Phi) is 3.59. The molecule has 1 aliphatic rings. The van der Waals surface area contributed by atoms with Gasteiger partial charge in [-0.15, -0.1) is 0 Å². The first-order chi connectivity index (χ1) is 8.63. The van der Waals surface area contributed by atoms with Gasteiger partial charge in [0.15, 0.2) is 0 Å². The van der Waals surface area contributed by atoms with Gasteiger partial charge in [-0.3, -0.25) is 9.59 Å². The van der Waals surface area contributed by atoms with Gasteiger partial charge in [-0.05, 0) is 17.7 Å². The lowest BCUT2D eigenvalue weighted by Crippen LogP contribution is -2.52. The number of amides is 2. The summed E-state index contributed by atoms with van der Waals surface area (Å²) in [5.74, 6) is -1.17. The van der Waals surface area contributed by atoms with Crippen LogP contribution in [0.1, 0.15) is 11.6 Å². The van der Waals surface area contributed by atoms with Crippen LogP contribution in [0.15, 0.2) is 24.3 Å². The Labute approximate surface area is 104 Å². The van der Waals surface area contributed by atoms with Crippen molar-refractivity contribution in [1.29, 1.82) is 0 Å². The number of hydrogen-bond acceptors (Lipinski definition) is 4. The van der Waals surface area contributed by atoms with E-state index in [0.717, 1.165) is 5.56 Å². The van der Waals surface area contributed by atoms with Crippen LogP contribution in [0.2, 0.25) is 0 Å². The smallest absolute Gasteiger partial charge is 0.316 e. The molecule has 0 bridgehead atoms. The fourth-order valence-corrected chi connectivity index (χ4v) is 1.86. The Bertz CT molecular complexity index is 475. The van der Waals surface area contributed by atoms with Crippen LogP contribution >= 0.6 is 0 Å². The third-order valence-corrected chi connectivity index (χ3v) is 2.87. The zero-order valence-corrected chi connectivity index (χ0v) is 9.80. The molecule has 1 saturated heterocycles. The first-order valence-electron chi connectivity index (χ1n) is 5.69. The van der Waals surface area contributed by atoms with Crippen LogP contribution in [0.3, 0.4) is 0 Å². The van der Waals surface area contributed by atoms with Crippen molar-refractivity contribution in [3.8, 4) is 0 Å². The molecule has 1 heterocycles. The Morgan fingerprint density at radius 3 is 2.94 bits per heavy atom. The molecule has 6 nitrogen and oxygen atoms in total. The van der Waals surface area contributed by atoms with Crippen LogP contribution < -0.4 is 16.0 Å². The molecule has 2 rings (SSSR count). The number of nitrogens with zero attached hydrogens (tertiary/aromatic N) is 1. The Hall–Kier alpha value is -1.92. The highest BCUT2D eigenvalue weighted by Gasteiger charge is 2.27. The predicted octanol–water partition coefficient (Wildman–Crippen LogP) is -0.859. The Balaban J connectivity index is 2.27. The molecule has 1 aromatic rings. The lowest BCUT2D eigenvalue weighted by Gasteiger charge is -2.27. The van der Waals surface area contributed by atoms with Gasteiger partial charge in [-0.1, -0.05) is 12.1 Å². The molecule has 96 valence electrons. The van der Waals surface area contributed by atoms with Gasteiger partial charge < -0.3 is 21.1 Å². The van der Waals surface area contributed by atoms with Crippen molar-refractivity contribution in [3.63, 3.8) is 0 Å². The first-order valence-corrected chi connectivity index (χ1v) is 5.69. The van der Waals surface area contributed by atoms with Gasteiger partial charge >= 0.3 is 11.8 Å². The SMILES string of the molecule is NC(CO)c1cccc(N2CCNC(=O)C2=O)c1. The van der Waals surface area contributed by atoms with Gasteiger partial charge in [0.25, 0.3) is 0 Å². The number of hydrogen-bond donors (Lipinski definition) is 3. The third-order valence-electron chi connectivity index (χ3n) is 2.87. The predicted molar refractivity (Wildman–Crippen MR) is 65.8 cm³/mol. The number of nitrogens with two attached hydrogens (primary N) is 1. The average molecular weight is 249 g/mol. The molecule has 0 aliphatic carbocycles. The monoisotopic (exact) mass is 249 g/mol. The third kappa shape index (κ3) is 2.34. The minimum Gasteiger partial charge on any atom is -0.394 e. The first kappa shape index (κ1) is 12.5. The van der Waals surface area contributed by atoms with Crippen molar-refractivity contribution >= 4 is 17.5 Å². The van der Waals surface area contributed by atoms with E-state index in [-0.39, 0.29) is 6.61 Å². The molecule has 0 saturated carbocycles. The van der Waals surface area contributed by atoms with Crippen molar-refractivity contribution < 1.29 is 14.7 Å². The standard InChI is InChI=1S/C12H15N3O3/c13-10(7-16)8-2-1-3-9(6-8)15-5-4-14-11(17)12(15)18/h1-3,6,10,16H,4-5,7,13H2,(H,14,17). The van der Waals surface area contributed by atoms with E-state index in [0.29, 0.717) is 18.8 Å². The summed E-state index contributed by atoms with van der Waals surface area (Å²) in [5.41, 5.74) is 7.07. The number of nitrogens with one attached hydrogen (secondary N) is 1. The fourth-order valence-electron chi connectivity index (χ4n) is 1.86. The van der Waals surface area contributed by atoms with Crippen molar-refractivity contribution in [1.82, 2.24) is 5.32 Å². The zero-order valence-electron chi connectivity index (χ0n) is 9.80. The lowest BCUT2D eigenvalue weighted by molar-refractivity contribution is -0.138. The Morgan fingerprint density at radius 2 is 2.22 bits per heavy atom. The minimum atomic E-state index is -0.599. The summed E-state index contributed by atoms with van der Waals surface area (Å²) in [6.07, 6.45) is 0. The zero-order chi connectivity index (χ0) is 13.1. The number of aliphatic hydroxyl groups excluding tert-OH is 1. The largest absolute Gasteiger partial charge is 0.394 e. The Morgan fingerprint density at radius 1 is 1.44 bits per heavy atom. The molecule has 1 atom stereocenters. The summed E-state index contributed by atoms with van der Waals surface area (Å²) in [4.78, 5) is 24.4. The van der Waals surface area contributed by atoms with Gasteiger partial charge in [0, 0.05) is 18.8 Å². The topological polar surface area (TPSA) is 95.7 Å². The molecule has 0 spiro atoms. The van der Waals surface area contributed by atoms with Gasteiger partial charge in [0.05, 0.1) is 12.6 Å². The van der Waals surface area contributed by atoms with E-state index in [4.69, 9.17) is 10.8 Å². The van der Waals surface area contributed by atoms with Crippen LogP contribution in [0.25, 0.3) is 0 Å². The second-order valence-corrected chi connectivity index (χ2v) is 4.10. The van der Waals surface area contributed by atoms with Crippen LogP contribution in [-0.4, -0.2) is 36.6 Å². The van der Waals surface area contributed by atoms with Gasteiger partial charge in [0.2, 0.25) is 0 Å². The highest BCUT2D eigenvalue weighted by Crippen LogP contribution is 2.20. The van der Waals surface area contributed by atoms with Crippen molar-refractivity contribution in [3.05, 3.63) is 29.8 Å². The normalized spacial score (nSPS) is 17.6. The highest BCUT2D eigenvalue weighted by molar-refractivity contribution is 6.41. The summed E-state index contributed by atoms with van der Waals surface area (Å²) in [7, 11) is 0. The summed E-state index contributed by atoms with van der Waals surface area (Å²) in [5, 5.41) is 11.5. The van der Waals surface area contributed by atoms with E-state index in [1.54, 1.807) is 24.3 Å². The van der Waals surface area contributed by atoms with Gasteiger partial charge in [0.1, 0.15) is 0 Å². The second-order valence-electron chi connectivity index (χ2n) is 4.10. The lowest BCUT2D eigenvalue weighted by atomic mass is 10.1. The van der Waals surface area contributed by atoms with Crippen LogP contribution in [0.5, 0.6) is 0 Å². The van der Waals surface area contributed by atoms with Crippen molar-refractivity contribution in [2.24, 2.45) is 5.73 Å². The molecule has 0 radical (unpaired) electrons. The highest BCUT2D eigenvalue weighted by atomic mass is 16.3. The van der Waals surface area contributed by atoms with Crippen LogP contribution in [-0.2, 0) is 9.59 Å². The molecular formula is C12H15N3O3. The summed E-state index contributed by atoms with van der Waals surface area (Å²) >= 11 is 0. The molecular weight excluding hydrogens is 234 g/mol. The number of piperazine rings is 1. The van der Waals surface area contributed by atoms with Crippen molar-refractivity contribution in [2.45, 2.75) is 6.04 Å². The van der Waals surface area contributed by atoms with E-state index < -0.39 is 17.9 Å².